The van der Waals surface area contributed by atoms with E-state index in [-0.39, 0.29) is 5.97 Å². The van der Waals surface area contributed by atoms with E-state index in [2.05, 4.69) is 9.97 Å². The normalized spacial score (nSPS) is 11.6. The van der Waals surface area contributed by atoms with Gasteiger partial charge in [-0.3, -0.25) is 4.98 Å². The summed E-state index contributed by atoms with van der Waals surface area (Å²) in [5.41, 5.74) is 2.33. The van der Waals surface area contributed by atoms with Crippen molar-refractivity contribution in [1.82, 2.24) is 14.4 Å². The Labute approximate surface area is 128 Å². The van der Waals surface area contributed by atoms with E-state index in [1.165, 1.54) is 0 Å². The zero-order valence-corrected chi connectivity index (χ0v) is 12.8. The second-order valence-electron chi connectivity index (χ2n) is 6.01. The van der Waals surface area contributed by atoms with Crippen LogP contribution in [0.2, 0.25) is 0 Å². The first-order valence-corrected chi connectivity index (χ1v) is 7.05. The van der Waals surface area contributed by atoms with Gasteiger partial charge in [-0.15, -0.1) is 0 Å². The highest BCUT2D eigenvalue weighted by atomic mass is 16.6. The summed E-state index contributed by atoms with van der Waals surface area (Å²) >= 11 is 0. The summed E-state index contributed by atoms with van der Waals surface area (Å²) in [5, 5.41) is 0. The quantitative estimate of drug-likeness (QED) is 0.680. The van der Waals surface area contributed by atoms with Gasteiger partial charge in [-0.05, 0) is 45.0 Å². The Morgan fingerprint density at radius 2 is 1.95 bits per heavy atom. The number of imidazole rings is 1. The van der Waals surface area contributed by atoms with Crippen molar-refractivity contribution in [3.8, 4) is 11.3 Å². The zero-order chi connectivity index (χ0) is 15.7. The van der Waals surface area contributed by atoms with Crippen molar-refractivity contribution in [3.05, 3.63) is 54.6 Å². The molecule has 0 aliphatic rings. The van der Waals surface area contributed by atoms with Crippen LogP contribution in [0.3, 0.4) is 0 Å². The molecule has 0 fully saturated rings. The van der Waals surface area contributed by atoms with Gasteiger partial charge in [0.15, 0.2) is 0 Å². The van der Waals surface area contributed by atoms with Crippen LogP contribution in [0.25, 0.3) is 16.9 Å². The highest BCUT2D eigenvalue weighted by Crippen LogP contribution is 2.23. The fourth-order valence-corrected chi connectivity index (χ4v) is 2.19. The lowest BCUT2D eigenvalue weighted by Crippen LogP contribution is -2.23. The number of hydrogen-bond acceptors (Lipinski definition) is 4. The van der Waals surface area contributed by atoms with E-state index in [9.17, 15) is 4.79 Å². The molecule has 0 saturated carbocycles. The number of carbonyl (C=O) groups is 1. The van der Waals surface area contributed by atoms with Gasteiger partial charge >= 0.3 is 5.97 Å². The van der Waals surface area contributed by atoms with Crippen molar-refractivity contribution in [3.63, 3.8) is 0 Å². The Kier molecular flexibility index (Phi) is 3.41. The third-order valence-corrected chi connectivity index (χ3v) is 3.09. The van der Waals surface area contributed by atoms with Crippen LogP contribution in [0.4, 0.5) is 0 Å². The van der Waals surface area contributed by atoms with Crippen molar-refractivity contribution in [2.45, 2.75) is 26.4 Å². The number of fused-ring (bicyclic) bond motifs is 1. The molecular weight excluding hydrogens is 278 g/mol. The molecule has 5 heteroatoms. The third kappa shape index (κ3) is 2.83. The van der Waals surface area contributed by atoms with Gasteiger partial charge in [0.2, 0.25) is 0 Å². The lowest BCUT2D eigenvalue weighted by Gasteiger charge is -2.19. The molecule has 22 heavy (non-hydrogen) atoms. The summed E-state index contributed by atoms with van der Waals surface area (Å²) in [7, 11) is 0. The average Bonchev–Trinajstić information content (AvgIpc) is 2.94. The average molecular weight is 295 g/mol. The molecule has 5 nitrogen and oxygen atoms in total. The Balaban J connectivity index is 2.01. The van der Waals surface area contributed by atoms with Crippen molar-refractivity contribution in [2.75, 3.05) is 0 Å². The molecule has 112 valence electrons. The maximum Gasteiger partial charge on any atom is 0.338 e. The van der Waals surface area contributed by atoms with Gasteiger partial charge in [-0.2, -0.15) is 0 Å². The van der Waals surface area contributed by atoms with E-state index in [4.69, 9.17) is 4.74 Å². The summed E-state index contributed by atoms with van der Waals surface area (Å²) in [5.74, 6) is -0.355. The minimum absolute atomic E-state index is 0.355. The molecule has 0 saturated heterocycles. The van der Waals surface area contributed by atoms with Crippen LogP contribution in [0.15, 0.2) is 49.1 Å². The maximum atomic E-state index is 12.2. The summed E-state index contributed by atoms with van der Waals surface area (Å²) in [6.07, 6.45) is 7.14. The topological polar surface area (TPSA) is 56.5 Å². The monoisotopic (exact) mass is 295 g/mol. The molecule has 0 atom stereocenters. The van der Waals surface area contributed by atoms with E-state index in [1.54, 1.807) is 24.5 Å². The van der Waals surface area contributed by atoms with Gasteiger partial charge in [0.25, 0.3) is 0 Å². The van der Waals surface area contributed by atoms with E-state index < -0.39 is 5.60 Å². The highest BCUT2D eigenvalue weighted by molar-refractivity contribution is 5.91. The first kappa shape index (κ1) is 14.3. The summed E-state index contributed by atoms with van der Waals surface area (Å²) < 4.78 is 7.31. The molecule has 3 aromatic rings. The summed E-state index contributed by atoms with van der Waals surface area (Å²) in [6, 6.07) is 7.25. The van der Waals surface area contributed by atoms with Crippen LogP contribution >= 0.6 is 0 Å². The lowest BCUT2D eigenvalue weighted by molar-refractivity contribution is 0.00694. The molecule has 3 rings (SSSR count). The Hall–Kier alpha value is -2.69. The fraction of sp³-hybridized carbons (Fsp3) is 0.235. The Morgan fingerprint density at radius 1 is 1.14 bits per heavy atom. The van der Waals surface area contributed by atoms with Gasteiger partial charge in [-0.1, -0.05) is 0 Å². The Bertz CT molecular complexity index is 831. The van der Waals surface area contributed by atoms with Crippen molar-refractivity contribution < 1.29 is 9.53 Å². The molecule has 0 radical (unpaired) electrons. The minimum atomic E-state index is -0.524. The molecule has 3 aromatic heterocycles. The molecule has 0 amide bonds. The minimum Gasteiger partial charge on any atom is -0.456 e. The highest BCUT2D eigenvalue weighted by Gasteiger charge is 2.18. The Morgan fingerprint density at radius 3 is 2.73 bits per heavy atom. The van der Waals surface area contributed by atoms with Crippen LogP contribution < -0.4 is 0 Å². The number of hydrogen-bond donors (Lipinski definition) is 0. The molecule has 0 N–H and O–H groups in total. The predicted octanol–water partition coefficient (Wildman–Crippen LogP) is 3.35. The smallest absolute Gasteiger partial charge is 0.338 e. The summed E-state index contributed by atoms with van der Waals surface area (Å²) in [6.45, 7) is 5.54. The van der Waals surface area contributed by atoms with Crippen LogP contribution in [0.1, 0.15) is 31.1 Å². The molecule has 0 aromatic carbocycles. The fourth-order valence-electron chi connectivity index (χ4n) is 2.19. The summed E-state index contributed by atoms with van der Waals surface area (Å²) in [4.78, 5) is 20.9. The van der Waals surface area contributed by atoms with E-state index >= 15 is 0 Å². The number of esters is 1. The van der Waals surface area contributed by atoms with Gasteiger partial charge < -0.3 is 9.14 Å². The molecule has 0 aliphatic heterocycles. The third-order valence-electron chi connectivity index (χ3n) is 3.09. The lowest BCUT2D eigenvalue weighted by atomic mass is 10.1. The molecule has 0 aliphatic carbocycles. The van der Waals surface area contributed by atoms with Crippen molar-refractivity contribution in [1.29, 1.82) is 0 Å². The molecular formula is C17H17N3O2. The number of carbonyl (C=O) groups excluding carboxylic acids is 1. The molecule has 0 spiro atoms. The number of pyridine rings is 2. The maximum absolute atomic E-state index is 12.2. The largest absolute Gasteiger partial charge is 0.456 e. The molecule has 3 heterocycles. The van der Waals surface area contributed by atoms with E-state index in [0.717, 1.165) is 11.2 Å². The van der Waals surface area contributed by atoms with E-state index in [1.807, 2.05) is 49.7 Å². The van der Waals surface area contributed by atoms with Crippen LogP contribution in [-0.2, 0) is 4.74 Å². The van der Waals surface area contributed by atoms with Crippen molar-refractivity contribution >= 4 is 11.6 Å². The van der Waals surface area contributed by atoms with E-state index in [0.29, 0.717) is 11.3 Å². The number of ether oxygens (including phenoxy) is 1. The molecule has 0 bridgehead atoms. The van der Waals surface area contributed by atoms with Crippen LogP contribution in [-0.4, -0.2) is 25.9 Å². The second-order valence-corrected chi connectivity index (χ2v) is 6.01. The van der Waals surface area contributed by atoms with Gasteiger partial charge in [0.05, 0.1) is 11.3 Å². The van der Waals surface area contributed by atoms with Gasteiger partial charge in [0.1, 0.15) is 11.2 Å². The van der Waals surface area contributed by atoms with Crippen molar-refractivity contribution in [2.24, 2.45) is 0 Å². The van der Waals surface area contributed by atoms with Crippen LogP contribution in [0.5, 0.6) is 0 Å². The number of rotatable bonds is 2. The predicted molar refractivity (Wildman–Crippen MR) is 83.6 cm³/mol. The number of aromatic nitrogens is 3. The first-order chi connectivity index (χ1) is 10.4. The molecule has 0 unspecified atom stereocenters. The van der Waals surface area contributed by atoms with Gasteiger partial charge in [0, 0.05) is 30.4 Å². The number of nitrogens with zero attached hydrogens (tertiary/aromatic N) is 3. The van der Waals surface area contributed by atoms with Crippen LogP contribution in [0, 0.1) is 0 Å². The zero-order valence-electron chi connectivity index (χ0n) is 12.8. The standard InChI is InChI=1S/C17H17N3O2/c1-17(2,3)22-16(21)12-6-7-18-14(11-12)13-5-4-9-20-10-8-19-15(13)20/h4-11H,1-3H3. The van der Waals surface area contributed by atoms with Gasteiger partial charge in [-0.25, -0.2) is 9.78 Å². The SMILES string of the molecule is CC(C)(C)OC(=O)c1ccnc(-c2cccn3ccnc23)c1. The second kappa shape index (κ2) is 5.26. The first-order valence-electron chi connectivity index (χ1n) is 7.05.